The van der Waals surface area contributed by atoms with Crippen LogP contribution in [0.3, 0.4) is 0 Å². The summed E-state index contributed by atoms with van der Waals surface area (Å²) in [4.78, 5) is 25.6. The highest BCUT2D eigenvalue weighted by atomic mass is 19.1. The second kappa shape index (κ2) is 8.24. The number of carbonyl (C=O) groups excluding carboxylic acids is 2. The van der Waals surface area contributed by atoms with Crippen LogP contribution in [0.5, 0.6) is 0 Å². The molecule has 0 radical (unpaired) electrons. The Morgan fingerprint density at radius 2 is 1.96 bits per heavy atom. The van der Waals surface area contributed by atoms with Crippen LogP contribution in [-0.2, 0) is 4.79 Å². The molecule has 24 heavy (non-hydrogen) atoms. The quantitative estimate of drug-likeness (QED) is 0.803. The van der Waals surface area contributed by atoms with E-state index in [0.29, 0.717) is 13.0 Å². The minimum Gasteiger partial charge on any atom is -0.389 e. The van der Waals surface area contributed by atoms with E-state index in [4.69, 9.17) is 0 Å². The Kier molecular flexibility index (Phi) is 6.90. The topological polar surface area (TPSA) is 69.6 Å². The number of hydrogen-bond acceptors (Lipinski definition) is 3. The van der Waals surface area contributed by atoms with Crippen LogP contribution in [-0.4, -0.2) is 40.5 Å². The number of aliphatic hydroxyl groups is 1. The highest BCUT2D eigenvalue weighted by Crippen LogP contribution is 2.19. The van der Waals surface area contributed by atoms with Gasteiger partial charge in [-0.2, -0.15) is 0 Å². The fourth-order valence-corrected chi connectivity index (χ4v) is 2.30. The van der Waals surface area contributed by atoms with E-state index >= 15 is 0 Å². The van der Waals surface area contributed by atoms with E-state index in [1.165, 1.54) is 17.0 Å². The van der Waals surface area contributed by atoms with Gasteiger partial charge in [0, 0.05) is 25.1 Å². The standard InChI is InChI=1S/C18H27FN2O3/c1-6-21(11-18(4,5)24)17(23)13-7-8-15(14(19)10-13)20-16(22)9-12(2)3/h7-8,10,12,24H,6,9,11H2,1-5H3,(H,20,22). The van der Waals surface area contributed by atoms with Crippen molar-refractivity contribution in [1.82, 2.24) is 4.90 Å². The summed E-state index contributed by atoms with van der Waals surface area (Å²) in [5, 5.41) is 12.4. The lowest BCUT2D eigenvalue weighted by molar-refractivity contribution is -0.116. The van der Waals surface area contributed by atoms with E-state index < -0.39 is 11.4 Å². The summed E-state index contributed by atoms with van der Waals surface area (Å²) in [7, 11) is 0. The molecule has 134 valence electrons. The van der Waals surface area contributed by atoms with Crippen molar-refractivity contribution in [1.29, 1.82) is 0 Å². The minimum atomic E-state index is -1.03. The third-order valence-corrected chi connectivity index (χ3v) is 3.33. The van der Waals surface area contributed by atoms with Crippen LogP contribution in [0, 0.1) is 11.7 Å². The molecular formula is C18H27FN2O3. The lowest BCUT2D eigenvalue weighted by atomic mass is 10.1. The summed E-state index contributed by atoms with van der Waals surface area (Å²) in [5.74, 6) is -1.11. The molecule has 0 heterocycles. The van der Waals surface area contributed by atoms with Gasteiger partial charge in [0.1, 0.15) is 5.82 Å². The number of hydrogen-bond donors (Lipinski definition) is 2. The summed E-state index contributed by atoms with van der Waals surface area (Å²) in [6.07, 6.45) is 0.301. The van der Waals surface area contributed by atoms with Crippen molar-refractivity contribution in [3.63, 3.8) is 0 Å². The smallest absolute Gasteiger partial charge is 0.254 e. The van der Waals surface area contributed by atoms with Crippen LogP contribution in [0.15, 0.2) is 18.2 Å². The van der Waals surface area contributed by atoms with Gasteiger partial charge in [-0.1, -0.05) is 13.8 Å². The maximum Gasteiger partial charge on any atom is 0.254 e. The van der Waals surface area contributed by atoms with Crippen LogP contribution in [0.1, 0.15) is 51.4 Å². The first-order chi connectivity index (χ1) is 11.0. The molecule has 2 N–H and O–H groups in total. The lowest BCUT2D eigenvalue weighted by Gasteiger charge is -2.28. The molecule has 0 aliphatic rings. The monoisotopic (exact) mass is 338 g/mol. The molecule has 0 aromatic heterocycles. The number of nitrogens with zero attached hydrogens (tertiary/aromatic N) is 1. The molecule has 0 bridgehead atoms. The third-order valence-electron chi connectivity index (χ3n) is 3.33. The zero-order valence-corrected chi connectivity index (χ0v) is 15.0. The Bertz CT molecular complexity index is 594. The molecule has 1 aromatic rings. The van der Waals surface area contributed by atoms with Gasteiger partial charge < -0.3 is 15.3 Å². The average molecular weight is 338 g/mol. The predicted molar refractivity (Wildman–Crippen MR) is 92.4 cm³/mol. The largest absolute Gasteiger partial charge is 0.389 e. The van der Waals surface area contributed by atoms with E-state index in [0.717, 1.165) is 6.07 Å². The van der Waals surface area contributed by atoms with Gasteiger partial charge in [-0.05, 0) is 44.9 Å². The Morgan fingerprint density at radius 1 is 1.33 bits per heavy atom. The third kappa shape index (κ3) is 6.28. The molecule has 1 rings (SSSR count). The predicted octanol–water partition coefficient (Wildman–Crippen LogP) is 3.04. The van der Waals surface area contributed by atoms with Gasteiger partial charge in [-0.25, -0.2) is 4.39 Å². The van der Waals surface area contributed by atoms with Gasteiger partial charge >= 0.3 is 0 Å². The summed E-state index contributed by atoms with van der Waals surface area (Å²) in [6, 6.07) is 3.97. The Balaban J connectivity index is 2.89. The number of rotatable bonds is 7. The highest BCUT2D eigenvalue weighted by Gasteiger charge is 2.23. The molecule has 0 atom stereocenters. The van der Waals surface area contributed by atoms with E-state index in [-0.39, 0.29) is 35.5 Å². The molecular weight excluding hydrogens is 311 g/mol. The van der Waals surface area contributed by atoms with Crippen LogP contribution in [0.25, 0.3) is 0 Å². The molecule has 0 saturated carbocycles. The number of halogens is 1. The van der Waals surface area contributed by atoms with Gasteiger partial charge in [0.25, 0.3) is 5.91 Å². The number of nitrogens with one attached hydrogen (secondary N) is 1. The van der Waals surface area contributed by atoms with Crippen LogP contribution in [0.4, 0.5) is 10.1 Å². The maximum absolute atomic E-state index is 14.2. The van der Waals surface area contributed by atoms with E-state index in [1.807, 2.05) is 13.8 Å². The summed E-state index contributed by atoms with van der Waals surface area (Å²) in [6.45, 7) is 9.36. The van der Waals surface area contributed by atoms with E-state index in [9.17, 15) is 19.1 Å². The van der Waals surface area contributed by atoms with Crippen LogP contribution < -0.4 is 5.32 Å². The average Bonchev–Trinajstić information content (AvgIpc) is 2.44. The van der Waals surface area contributed by atoms with E-state index in [1.54, 1.807) is 20.8 Å². The van der Waals surface area contributed by atoms with Crippen molar-refractivity contribution in [2.24, 2.45) is 5.92 Å². The van der Waals surface area contributed by atoms with Crippen molar-refractivity contribution in [3.05, 3.63) is 29.6 Å². The second-order valence-electron chi connectivity index (χ2n) is 6.97. The highest BCUT2D eigenvalue weighted by molar-refractivity contribution is 5.96. The molecule has 0 unspecified atom stereocenters. The van der Waals surface area contributed by atoms with Crippen molar-refractivity contribution in [3.8, 4) is 0 Å². The molecule has 0 aliphatic carbocycles. The Labute approximate surface area is 142 Å². The van der Waals surface area contributed by atoms with Gasteiger partial charge in [-0.3, -0.25) is 9.59 Å². The van der Waals surface area contributed by atoms with Crippen molar-refractivity contribution < 1.29 is 19.1 Å². The minimum absolute atomic E-state index is 0.0581. The second-order valence-corrected chi connectivity index (χ2v) is 6.97. The molecule has 6 heteroatoms. The number of amides is 2. The molecule has 0 fully saturated rings. The molecule has 0 aliphatic heterocycles. The van der Waals surface area contributed by atoms with Crippen molar-refractivity contribution in [2.75, 3.05) is 18.4 Å². The number of likely N-dealkylation sites (N-methyl/N-ethyl adjacent to an activating group) is 1. The number of anilines is 1. The molecule has 1 aromatic carbocycles. The Hall–Kier alpha value is -1.95. The lowest BCUT2D eigenvalue weighted by Crippen LogP contribution is -2.42. The van der Waals surface area contributed by atoms with Crippen molar-refractivity contribution in [2.45, 2.75) is 46.6 Å². The zero-order chi connectivity index (χ0) is 18.5. The van der Waals surface area contributed by atoms with Gasteiger partial charge in [-0.15, -0.1) is 0 Å². The summed E-state index contributed by atoms with van der Waals surface area (Å²) in [5.41, 5.74) is -0.794. The van der Waals surface area contributed by atoms with Crippen LogP contribution in [0.2, 0.25) is 0 Å². The molecule has 2 amide bonds. The van der Waals surface area contributed by atoms with Gasteiger partial charge in [0.05, 0.1) is 11.3 Å². The SMILES string of the molecule is CCN(CC(C)(C)O)C(=O)c1ccc(NC(=O)CC(C)C)c(F)c1. The summed E-state index contributed by atoms with van der Waals surface area (Å²) >= 11 is 0. The van der Waals surface area contributed by atoms with Crippen molar-refractivity contribution >= 4 is 17.5 Å². The number of carbonyl (C=O) groups is 2. The van der Waals surface area contributed by atoms with Crippen LogP contribution >= 0.6 is 0 Å². The first-order valence-corrected chi connectivity index (χ1v) is 8.14. The van der Waals surface area contributed by atoms with Gasteiger partial charge in [0.15, 0.2) is 0 Å². The Morgan fingerprint density at radius 3 is 2.42 bits per heavy atom. The molecule has 0 spiro atoms. The first kappa shape index (κ1) is 20.1. The molecule has 0 saturated heterocycles. The normalized spacial score (nSPS) is 11.5. The molecule has 5 nitrogen and oxygen atoms in total. The summed E-state index contributed by atoms with van der Waals surface area (Å²) < 4.78 is 14.2. The fourth-order valence-electron chi connectivity index (χ4n) is 2.30. The first-order valence-electron chi connectivity index (χ1n) is 8.14. The van der Waals surface area contributed by atoms with E-state index in [2.05, 4.69) is 5.32 Å². The zero-order valence-electron chi connectivity index (χ0n) is 15.0. The maximum atomic E-state index is 14.2. The fraction of sp³-hybridized carbons (Fsp3) is 0.556. The van der Waals surface area contributed by atoms with Gasteiger partial charge in [0.2, 0.25) is 5.91 Å². The number of benzene rings is 1.